The molecule has 1 atom stereocenters. The number of fused-ring (bicyclic) bond motifs is 1. The van der Waals surface area contributed by atoms with Gasteiger partial charge in [-0.15, -0.1) is 0 Å². The first-order valence-corrected chi connectivity index (χ1v) is 12.0. The summed E-state index contributed by atoms with van der Waals surface area (Å²) in [6.07, 6.45) is 2.92. The van der Waals surface area contributed by atoms with Crippen LogP contribution in [0.1, 0.15) is 51.9 Å². The Morgan fingerprint density at radius 3 is 2.58 bits per heavy atom. The van der Waals surface area contributed by atoms with Crippen LogP contribution in [-0.2, 0) is 17.9 Å². The van der Waals surface area contributed by atoms with E-state index in [-0.39, 0.29) is 40.6 Å². The third-order valence-electron chi connectivity index (χ3n) is 6.64. The number of anilines is 1. The number of benzene rings is 2. The highest BCUT2D eigenvalue weighted by atomic mass is 35.5. The molecule has 0 saturated heterocycles. The van der Waals surface area contributed by atoms with Crippen molar-refractivity contribution in [3.05, 3.63) is 82.1 Å². The van der Waals surface area contributed by atoms with E-state index in [4.69, 9.17) is 11.6 Å². The Hall–Kier alpha value is -3.72. The number of carbonyl (C=O) groups is 3. The number of hydrogen-bond acceptors (Lipinski definition) is 4. The highest BCUT2D eigenvalue weighted by molar-refractivity contribution is 6.30. The van der Waals surface area contributed by atoms with Gasteiger partial charge in [-0.2, -0.15) is 0 Å². The first kappa shape index (κ1) is 24.0. The van der Waals surface area contributed by atoms with Crippen molar-refractivity contribution in [3.8, 4) is 0 Å². The van der Waals surface area contributed by atoms with Crippen molar-refractivity contribution < 1.29 is 18.8 Å². The van der Waals surface area contributed by atoms with E-state index in [1.165, 1.54) is 23.0 Å². The predicted octanol–water partition coefficient (Wildman–Crippen LogP) is 3.93. The van der Waals surface area contributed by atoms with Crippen molar-refractivity contribution in [2.45, 2.75) is 51.4 Å². The maximum Gasteiger partial charge on any atom is 0.276 e. The average Bonchev–Trinajstić information content (AvgIpc) is 3.57. The molecule has 8 nitrogen and oxygen atoms in total. The number of amides is 3. The Kier molecular flexibility index (Phi) is 6.04. The molecule has 36 heavy (non-hydrogen) atoms. The molecule has 3 aromatic rings. The minimum absolute atomic E-state index is 0.0752. The third-order valence-corrected chi connectivity index (χ3v) is 6.87. The molecular formula is C26H25ClFN5O3. The van der Waals surface area contributed by atoms with Gasteiger partial charge in [-0.25, -0.2) is 9.37 Å². The summed E-state index contributed by atoms with van der Waals surface area (Å²) < 4.78 is 15.7. The van der Waals surface area contributed by atoms with Crippen molar-refractivity contribution in [1.29, 1.82) is 0 Å². The van der Waals surface area contributed by atoms with E-state index in [9.17, 15) is 18.8 Å². The van der Waals surface area contributed by atoms with Crippen LogP contribution in [0.5, 0.6) is 0 Å². The van der Waals surface area contributed by atoms with Crippen LogP contribution < -0.4 is 10.6 Å². The molecule has 0 bridgehead atoms. The van der Waals surface area contributed by atoms with E-state index >= 15 is 0 Å². The normalized spacial score (nSPS) is 19.1. The van der Waals surface area contributed by atoms with E-state index in [1.807, 2.05) is 31.2 Å². The molecule has 3 amide bonds. The molecule has 1 aliphatic carbocycles. The summed E-state index contributed by atoms with van der Waals surface area (Å²) in [5.74, 6) is -2.15. The van der Waals surface area contributed by atoms with E-state index in [0.29, 0.717) is 6.54 Å². The maximum atomic E-state index is 14.2. The Labute approximate surface area is 212 Å². The number of carbonyl (C=O) groups excluding carboxylic acids is 3. The molecule has 1 fully saturated rings. The van der Waals surface area contributed by atoms with Crippen LogP contribution in [0.3, 0.4) is 0 Å². The van der Waals surface area contributed by atoms with Gasteiger partial charge in [-0.1, -0.05) is 41.4 Å². The fourth-order valence-corrected chi connectivity index (χ4v) is 4.73. The molecule has 2 aliphatic rings. The molecular weight excluding hydrogens is 485 g/mol. The smallest absolute Gasteiger partial charge is 0.276 e. The van der Waals surface area contributed by atoms with Crippen LogP contribution in [0.15, 0.2) is 48.8 Å². The molecule has 0 spiro atoms. The summed E-state index contributed by atoms with van der Waals surface area (Å²) in [6.45, 7) is 4.20. The number of nitrogens with zero attached hydrogens (tertiary/aromatic N) is 3. The van der Waals surface area contributed by atoms with Crippen LogP contribution >= 0.6 is 11.6 Å². The Bertz CT molecular complexity index is 1370. The van der Waals surface area contributed by atoms with Gasteiger partial charge in [0.05, 0.1) is 18.6 Å². The number of rotatable bonds is 6. The second-order valence-corrected chi connectivity index (χ2v) is 9.93. The Morgan fingerprint density at radius 2 is 1.92 bits per heavy atom. The number of nitrogens with one attached hydrogen (secondary N) is 2. The summed E-state index contributed by atoms with van der Waals surface area (Å²) in [7, 11) is 0. The van der Waals surface area contributed by atoms with Crippen LogP contribution in [0.4, 0.5) is 10.1 Å². The maximum absolute atomic E-state index is 14.2. The van der Waals surface area contributed by atoms with Crippen LogP contribution in [0.25, 0.3) is 0 Å². The van der Waals surface area contributed by atoms with E-state index in [1.54, 1.807) is 11.8 Å². The highest BCUT2D eigenvalue weighted by Gasteiger charge is 2.53. The monoisotopic (exact) mass is 509 g/mol. The Morgan fingerprint density at radius 1 is 1.19 bits per heavy atom. The number of halogens is 2. The van der Waals surface area contributed by atoms with Gasteiger partial charge in [0.25, 0.3) is 11.8 Å². The Balaban J connectivity index is 1.40. The average molecular weight is 510 g/mol. The summed E-state index contributed by atoms with van der Waals surface area (Å²) in [4.78, 5) is 45.8. The molecule has 1 aromatic heterocycles. The molecule has 2 heterocycles. The molecule has 2 N–H and O–H groups in total. The summed E-state index contributed by atoms with van der Waals surface area (Å²) in [5.41, 5.74) is 0.802. The van der Waals surface area contributed by atoms with Gasteiger partial charge < -0.3 is 20.1 Å². The SMILES string of the molecule is Cc1ccc(CNC(=O)[C@@]2(C)Cn3cnc(C(=O)Nc4ccc(Cl)cc4F)c3C(=O)N2C2CC2)cc1. The standard InChI is InChI=1S/C26H25ClFN5O3/c1-15-3-5-16(6-4-15)12-29-25(36)26(2)13-32-14-30-21(22(32)24(35)33(26)18-8-9-18)23(34)31-20-10-7-17(27)11-19(20)28/h3-7,10-11,14,18H,8-9,12-13H2,1-2H3,(H,29,36)(H,31,34)/t26-/m1/s1. The lowest BCUT2D eigenvalue weighted by molar-refractivity contribution is -0.133. The highest BCUT2D eigenvalue weighted by Crippen LogP contribution is 2.39. The zero-order valence-electron chi connectivity index (χ0n) is 19.8. The number of aryl methyl sites for hydroxylation is 1. The van der Waals surface area contributed by atoms with Gasteiger partial charge in [0.15, 0.2) is 5.69 Å². The van der Waals surface area contributed by atoms with Crippen LogP contribution in [-0.4, -0.2) is 43.8 Å². The number of aromatic nitrogens is 2. The second kappa shape index (κ2) is 9.05. The summed E-state index contributed by atoms with van der Waals surface area (Å²) in [6, 6.07) is 11.6. The number of imidazole rings is 1. The molecule has 0 radical (unpaired) electrons. The van der Waals surface area contributed by atoms with Crippen molar-refractivity contribution >= 4 is 35.0 Å². The quantitative estimate of drug-likeness (QED) is 0.526. The van der Waals surface area contributed by atoms with Gasteiger partial charge in [0.2, 0.25) is 5.91 Å². The summed E-state index contributed by atoms with van der Waals surface area (Å²) >= 11 is 5.78. The third kappa shape index (κ3) is 4.35. The van der Waals surface area contributed by atoms with Gasteiger partial charge >= 0.3 is 0 Å². The minimum Gasteiger partial charge on any atom is -0.350 e. The van der Waals surface area contributed by atoms with Gasteiger partial charge in [0.1, 0.15) is 17.1 Å². The predicted molar refractivity (Wildman–Crippen MR) is 132 cm³/mol. The van der Waals surface area contributed by atoms with Gasteiger partial charge in [-0.3, -0.25) is 14.4 Å². The molecule has 1 aliphatic heterocycles. The minimum atomic E-state index is -1.16. The van der Waals surface area contributed by atoms with Crippen molar-refractivity contribution in [2.75, 3.05) is 5.32 Å². The lowest BCUT2D eigenvalue weighted by atomic mass is 9.93. The molecule has 10 heteroatoms. The number of hydrogen-bond donors (Lipinski definition) is 2. The second-order valence-electron chi connectivity index (χ2n) is 9.50. The lowest BCUT2D eigenvalue weighted by Gasteiger charge is -2.44. The van der Waals surface area contributed by atoms with E-state index in [0.717, 1.165) is 30.0 Å². The topological polar surface area (TPSA) is 96.3 Å². The van der Waals surface area contributed by atoms with Gasteiger partial charge in [-0.05, 0) is 50.5 Å². The molecule has 1 saturated carbocycles. The van der Waals surface area contributed by atoms with Crippen LogP contribution in [0.2, 0.25) is 5.02 Å². The van der Waals surface area contributed by atoms with Crippen LogP contribution in [0, 0.1) is 12.7 Å². The van der Waals surface area contributed by atoms with E-state index in [2.05, 4.69) is 15.6 Å². The van der Waals surface area contributed by atoms with Crippen molar-refractivity contribution in [1.82, 2.24) is 19.8 Å². The molecule has 0 unspecified atom stereocenters. The largest absolute Gasteiger partial charge is 0.350 e. The van der Waals surface area contributed by atoms with Gasteiger partial charge in [0, 0.05) is 17.6 Å². The fourth-order valence-electron chi connectivity index (χ4n) is 4.57. The first-order chi connectivity index (χ1) is 17.2. The zero-order chi connectivity index (χ0) is 25.6. The fraction of sp³-hybridized carbons (Fsp3) is 0.308. The van der Waals surface area contributed by atoms with Crippen molar-refractivity contribution in [3.63, 3.8) is 0 Å². The molecule has 186 valence electrons. The molecule has 5 rings (SSSR count). The van der Waals surface area contributed by atoms with Crippen molar-refractivity contribution in [2.24, 2.45) is 0 Å². The first-order valence-electron chi connectivity index (χ1n) is 11.7. The summed E-state index contributed by atoms with van der Waals surface area (Å²) in [5, 5.41) is 5.62. The molecule has 2 aromatic carbocycles. The van der Waals surface area contributed by atoms with E-state index < -0.39 is 23.2 Å². The zero-order valence-corrected chi connectivity index (χ0v) is 20.6. The lowest BCUT2D eigenvalue weighted by Crippen LogP contribution is -2.64.